The molecule has 1 saturated heterocycles. The number of methoxy groups -OCH3 is 1. The Labute approximate surface area is 194 Å². The molecule has 0 saturated carbocycles. The van der Waals surface area contributed by atoms with Crippen LogP contribution in [0.15, 0.2) is 48.5 Å². The van der Waals surface area contributed by atoms with Crippen molar-refractivity contribution >= 4 is 5.95 Å². The largest absolute Gasteiger partial charge is 0.504 e. The molecule has 172 valence electrons. The van der Waals surface area contributed by atoms with Crippen LogP contribution in [0.3, 0.4) is 0 Å². The zero-order valence-corrected chi connectivity index (χ0v) is 19.0. The van der Waals surface area contributed by atoms with Gasteiger partial charge in [0.2, 0.25) is 11.8 Å². The first-order valence-corrected chi connectivity index (χ1v) is 11.7. The first kappa shape index (κ1) is 21.5. The van der Waals surface area contributed by atoms with Crippen LogP contribution in [0.2, 0.25) is 0 Å². The topological polar surface area (TPSA) is 71.0 Å². The molecule has 1 aromatic heterocycles. The number of hydrogen-bond donors (Lipinski definition) is 1. The molecule has 7 nitrogen and oxygen atoms in total. The van der Waals surface area contributed by atoms with E-state index in [9.17, 15) is 5.11 Å². The zero-order chi connectivity index (χ0) is 22.6. The molecule has 1 N–H and O–H groups in total. The van der Waals surface area contributed by atoms with E-state index in [1.165, 1.54) is 19.3 Å². The number of aromatic nitrogens is 2. The number of phenols is 1. The SMILES string of the molecule is COc1cccc(CN2CCc3nc(N4CCCCC4)nc(Oc4ccccc4)c3C2)c1O. The molecule has 2 aliphatic heterocycles. The third-order valence-corrected chi connectivity index (χ3v) is 6.38. The fourth-order valence-corrected chi connectivity index (χ4v) is 4.58. The molecule has 33 heavy (non-hydrogen) atoms. The number of phenolic OH excluding ortho intramolecular Hbond substituents is 1. The van der Waals surface area contributed by atoms with Crippen molar-refractivity contribution in [2.24, 2.45) is 0 Å². The Kier molecular flexibility index (Phi) is 6.30. The molecule has 1 fully saturated rings. The molecule has 0 aliphatic carbocycles. The van der Waals surface area contributed by atoms with E-state index in [0.29, 0.717) is 24.7 Å². The molecule has 3 aromatic rings. The van der Waals surface area contributed by atoms with Gasteiger partial charge in [-0.25, -0.2) is 4.98 Å². The van der Waals surface area contributed by atoms with E-state index in [-0.39, 0.29) is 5.75 Å². The fourth-order valence-electron chi connectivity index (χ4n) is 4.58. The molecule has 0 bridgehead atoms. The van der Waals surface area contributed by atoms with Crippen LogP contribution in [-0.2, 0) is 19.5 Å². The highest BCUT2D eigenvalue weighted by Gasteiger charge is 2.26. The fraction of sp³-hybridized carbons (Fsp3) is 0.385. The summed E-state index contributed by atoms with van der Waals surface area (Å²) in [5.41, 5.74) is 2.92. The second-order valence-electron chi connectivity index (χ2n) is 8.65. The van der Waals surface area contributed by atoms with Gasteiger partial charge in [-0.2, -0.15) is 4.98 Å². The van der Waals surface area contributed by atoms with E-state index in [0.717, 1.165) is 54.6 Å². The lowest BCUT2D eigenvalue weighted by molar-refractivity contribution is 0.234. The number of anilines is 1. The van der Waals surface area contributed by atoms with Gasteiger partial charge in [0.25, 0.3) is 0 Å². The van der Waals surface area contributed by atoms with Crippen LogP contribution >= 0.6 is 0 Å². The number of ether oxygens (including phenoxy) is 2. The van der Waals surface area contributed by atoms with Crippen molar-refractivity contribution in [3.05, 3.63) is 65.4 Å². The molecule has 7 heteroatoms. The standard InChI is InChI=1S/C26H30N4O3/c1-32-23-12-8-9-19(24(23)31)17-29-16-13-22-21(18-29)25(33-20-10-4-2-5-11-20)28-26(27-22)30-14-6-3-7-15-30/h2,4-5,8-12,31H,3,6-7,13-18H2,1H3. The maximum atomic E-state index is 10.5. The minimum absolute atomic E-state index is 0.197. The van der Waals surface area contributed by atoms with Crippen molar-refractivity contribution in [3.63, 3.8) is 0 Å². The Morgan fingerprint density at radius 1 is 0.939 bits per heavy atom. The molecular formula is C26H30N4O3. The van der Waals surface area contributed by atoms with Crippen molar-refractivity contribution in [1.29, 1.82) is 0 Å². The summed E-state index contributed by atoms with van der Waals surface area (Å²) in [6.45, 7) is 4.11. The lowest BCUT2D eigenvalue weighted by atomic mass is 10.0. The average Bonchev–Trinajstić information content (AvgIpc) is 2.86. The van der Waals surface area contributed by atoms with Crippen molar-refractivity contribution in [2.45, 2.75) is 38.8 Å². The Hall–Kier alpha value is -3.32. The summed E-state index contributed by atoms with van der Waals surface area (Å²) in [5, 5.41) is 10.5. The van der Waals surface area contributed by atoms with Crippen molar-refractivity contribution in [3.8, 4) is 23.1 Å². The lowest BCUT2D eigenvalue weighted by Crippen LogP contribution is -2.34. The van der Waals surface area contributed by atoms with Gasteiger partial charge in [-0.3, -0.25) is 4.90 Å². The maximum Gasteiger partial charge on any atom is 0.228 e. The van der Waals surface area contributed by atoms with Gasteiger partial charge in [-0.05, 0) is 37.5 Å². The molecule has 0 atom stereocenters. The number of para-hydroxylation sites is 2. The highest BCUT2D eigenvalue weighted by Crippen LogP contribution is 2.34. The van der Waals surface area contributed by atoms with Gasteiger partial charge in [-0.15, -0.1) is 0 Å². The normalized spacial score (nSPS) is 16.3. The summed E-state index contributed by atoms with van der Waals surface area (Å²) in [6.07, 6.45) is 4.43. The minimum atomic E-state index is 0.197. The molecular weight excluding hydrogens is 416 g/mol. The summed E-state index contributed by atoms with van der Waals surface area (Å²) in [7, 11) is 1.57. The Morgan fingerprint density at radius 2 is 1.76 bits per heavy atom. The van der Waals surface area contributed by atoms with Gasteiger partial charge in [0.1, 0.15) is 5.75 Å². The van der Waals surface area contributed by atoms with Crippen molar-refractivity contribution < 1.29 is 14.6 Å². The highest BCUT2D eigenvalue weighted by molar-refractivity contribution is 5.46. The summed E-state index contributed by atoms with van der Waals surface area (Å²) in [6, 6.07) is 15.4. The Morgan fingerprint density at radius 3 is 2.55 bits per heavy atom. The predicted octanol–water partition coefficient (Wildman–Crippen LogP) is 4.53. The average molecular weight is 447 g/mol. The maximum absolute atomic E-state index is 10.5. The van der Waals surface area contributed by atoms with Crippen LogP contribution in [-0.4, -0.2) is 46.7 Å². The molecule has 2 aromatic carbocycles. The number of benzene rings is 2. The quantitative estimate of drug-likeness (QED) is 0.596. The van der Waals surface area contributed by atoms with Gasteiger partial charge in [0, 0.05) is 44.7 Å². The monoisotopic (exact) mass is 446 g/mol. The summed E-state index contributed by atoms with van der Waals surface area (Å²) < 4.78 is 11.6. The smallest absolute Gasteiger partial charge is 0.228 e. The van der Waals surface area contributed by atoms with Gasteiger partial charge in [0.15, 0.2) is 11.5 Å². The predicted molar refractivity (Wildman–Crippen MR) is 127 cm³/mol. The number of nitrogens with zero attached hydrogens (tertiary/aromatic N) is 4. The third kappa shape index (κ3) is 4.73. The summed E-state index contributed by atoms with van der Waals surface area (Å²) in [4.78, 5) is 14.4. The van der Waals surface area contributed by atoms with Crippen LogP contribution < -0.4 is 14.4 Å². The first-order valence-electron chi connectivity index (χ1n) is 11.7. The van der Waals surface area contributed by atoms with Crippen LogP contribution in [0.5, 0.6) is 23.1 Å². The summed E-state index contributed by atoms with van der Waals surface area (Å²) in [5.74, 6) is 2.87. The summed E-state index contributed by atoms with van der Waals surface area (Å²) >= 11 is 0. The molecule has 3 heterocycles. The van der Waals surface area contributed by atoms with Crippen molar-refractivity contribution in [2.75, 3.05) is 31.6 Å². The first-order chi connectivity index (χ1) is 16.2. The number of fused-ring (bicyclic) bond motifs is 1. The van der Waals surface area contributed by atoms with E-state index >= 15 is 0 Å². The van der Waals surface area contributed by atoms with Crippen LogP contribution in [0.25, 0.3) is 0 Å². The van der Waals surface area contributed by atoms with E-state index in [2.05, 4.69) is 9.80 Å². The van der Waals surface area contributed by atoms with E-state index in [1.807, 2.05) is 42.5 Å². The van der Waals surface area contributed by atoms with Crippen LogP contribution in [0.1, 0.15) is 36.1 Å². The van der Waals surface area contributed by atoms with Crippen molar-refractivity contribution in [1.82, 2.24) is 14.9 Å². The number of piperidine rings is 1. The van der Waals surface area contributed by atoms with Gasteiger partial charge < -0.3 is 19.5 Å². The minimum Gasteiger partial charge on any atom is -0.504 e. The number of aromatic hydroxyl groups is 1. The molecule has 5 rings (SSSR count). The molecule has 0 radical (unpaired) electrons. The molecule has 0 amide bonds. The number of hydrogen-bond acceptors (Lipinski definition) is 7. The third-order valence-electron chi connectivity index (χ3n) is 6.38. The van der Waals surface area contributed by atoms with E-state index in [4.69, 9.17) is 19.4 Å². The highest BCUT2D eigenvalue weighted by atomic mass is 16.5. The van der Waals surface area contributed by atoms with Crippen LogP contribution in [0, 0.1) is 0 Å². The van der Waals surface area contributed by atoms with Gasteiger partial charge in [0.05, 0.1) is 18.4 Å². The second-order valence-corrected chi connectivity index (χ2v) is 8.65. The van der Waals surface area contributed by atoms with Crippen LogP contribution in [0.4, 0.5) is 5.95 Å². The molecule has 2 aliphatic rings. The Balaban J connectivity index is 1.44. The van der Waals surface area contributed by atoms with E-state index < -0.39 is 0 Å². The second kappa shape index (κ2) is 9.67. The molecule has 0 unspecified atom stereocenters. The zero-order valence-electron chi connectivity index (χ0n) is 19.0. The lowest BCUT2D eigenvalue weighted by Gasteiger charge is -2.32. The molecule has 0 spiro atoms. The van der Waals surface area contributed by atoms with E-state index in [1.54, 1.807) is 13.2 Å². The van der Waals surface area contributed by atoms with Gasteiger partial charge >= 0.3 is 0 Å². The number of rotatable bonds is 6. The Bertz CT molecular complexity index is 1100. The van der Waals surface area contributed by atoms with Gasteiger partial charge in [-0.1, -0.05) is 30.3 Å².